The Morgan fingerprint density at radius 3 is 2.96 bits per heavy atom. The number of rotatable bonds is 3. The smallest absolute Gasteiger partial charge is 0.337 e. The minimum absolute atomic E-state index is 0.115. The highest BCUT2D eigenvalue weighted by Gasteiger charge is 2.29. The fraction of sp³-hybridized carbons (Fsp3) is 0.211. The molecule has 1 aliphatic rings. The number of aryl methyl sites for hydroxylation is 1. The lowest BCUT2D eigenvalue weighted by Crippen LogP contribution is -2.24. The van der Waals surface area contributed by atoms with Crippen molar-refractivity contribution < 1.29 is 18.7 Å². The van der Waals surface area contributed by atoms with Gasteiger partial charge in [0.15, 0.2) is 11.4 Å². The average molecular weight is 353 g/mol. The fourth-order valence-electron chi connectivity index (χ4n) is 3.01. The second-order valence-corrected chi connectivity index (χ2v) is 6.97. The number of aromatic nitrogens is 1. The maximum Gasteiger partial charge on any atom is 0.337 e. The van der Waals surface area contributed by atoms with Gasteiger partial charge in [-0.1, -0.05) is 36.0 Å². The van der Waals surface area contributed by atoms with E-state index in [0.29, 0.717) is 21.9 Å². The van der Waals surface area contributed by atoms with E-state index in [2.05, 4.69) is 4.98 Å². The first-order valence-electron chi connectivity index (χ1n) is 7.93. The van der Waals surface area contributed by atoms with E-state index in [1.54, 1.807) is 18.2 Å². The van der Waals surface area contributed by atoms with Gasteiger partial charge in [0.05, 0.1) is 17.9 Å². The van der Waals surface area contributed by atoms with Gasteiger partial charge in [0.1, 0.15) is 5.52 Å². The molecule has 2 aromatic carbocycles. The first-order chi connectivity index (χ1) is 12.2. The predicted molar refractivity (Wildman–Crippen MR) is 94.1 cm³/mol. The molecular formula is C19H15NO4S. The Kier molecular flexibility index (Phi) is 4.05. The zero-order chi connectivity index (χ0) is 17.4. The van der Waals surface area contributed by atoms with Gasteiger partial charge in [0, 0.05) is 5.56 Å². The van der Waals surface area contributed by atoms with Crippen LogP contribution in [0.5, 0.6) is 0 Å². The third kappa shape index (κ3) is 2.93. The van der Waals surface area contributed by atoms with Crippen LogP contribution in [-0.4, -0.2) is 29.1 Å². The molecule has 0 aliphatic heterocycles. The number of ketones is 1. The van der Waals surface area contributed by atoms with Crippen molar-refractivity contribution >= 4 is 34.6 Å². The van der Waals surface area contributed by atoms with Crippen LogP contribution in [0.25, 0.3) is 11.1 Å². The molecule has 0 saturated heterocycles. The molecule has 0 radical (unpaired) electrons. The molecule has 1 heterocycles. The summed E-state index contributed by atoms with van der Waals surface area (Å²) in [6.07, 6.45) is 1.62. The van der Waals surface area contributed by atoms with Gasteiger partial charge in [-0.25, -0.2) is 9.78 Å². The van der Waals surface area contributed by atoms with Crippen LogP contribution in [0.2, 0.25) is 0 Å². The van der Waals surface area contributed by atoms with Crippen LogP contribution in [0.4, 0.5) is 0 Å². The molecule has 1 aliphatic carbocycles. The quantitative estimate of drug-likeness (QED) is 0.665. The predicted octanol–water partition coefficient (Wildman–Crippen LogP) is 3.90. The second-order valence-electron chi connectivity index (χ2n) is 5.82. The van der Waals surface area contributed by atoms with Crippen molar-refractivity contribution in [2.75, 3.05) is 7.11 Å². The molecule has 126 valence electrons. The Hall–Kier alpha value is -2.60. The van der Waals surface area contributed by atoms with Crippen LogP contribution in [0, 0.1) is 0 Å². The Morgan fingerprint density at radius 2 is 2.12 bits per heavy atom. The molecule has 0 bridgehead atoms. The SMILES string of the molecule is COC(=O)c1ccc2oc(S[C@H]3CCc4ccccc4C3=O)nc2c1. The Labute approximate surface area is 148 Å². The molecular weight excluding hydrogens is 338 g/mol. The molecule has 0 saturated carbocycles. The Morgan fingerprint density at radius 1 is 1.28 bits per heavy atom. The summed E-state index contributed by atoms with van der Waals surface area (Å²) >= 11 is 1.34. The minimum Gasteiger partial charge on any atom is -0.465 e. The molecule has 25 heavy (non-hydrogen) atoms. The number of oxazole rings is 1. The van der Waals surface area contributed by atoms with Crippen molar-refractivity contribution in [2.24, 2.45) is 0 Å². The van der Waals surface area contributed by atoms with E-state index >= 15 is 0 Å². The lowest BCUT2D eigenvalue weighted by molar-refractivity contribution is 0.0600. The van der Waals surface area contributed by atoms with E-state index in [0.717, 1.165) is 24.0 Å². The Balaban J connectivity index is 1.59. The summed E-state index contributed by atoms with van der Waals surface area (Å²) < 4.78 is 10.4. The number of hydrogen-bond donors (Lipinski definition) is 0. The number of nitrogens with zero attached hydrogens (tertiary/aromatic N) is 1. The third-order valence-electron chi connectivity index (χ3n) is 4.28. The average Bonchev–Trinajstić information content (AvgIpc) is 3.05. The van der Waals surface area contributed by atoms with E-state index in [1.807, 2.05) is 24.3 Å². The molecule has 0 fully saturated rings. The first-order valence-corrected chi connectivity index (χ1v) is 8.81. The number of fused-ring (bicyclic) bond motifs is 2. The number of carbonyl (C=O) groups excluding carboxylic acids is 2. The molecule has 1 atom stereocenters. The number of hydrogen-bond acceptors (Lipinski definition) is 6. The lowest BCUT2D eigenvalue weighted by atomic mass is 9.90. The van der Waals surface area contributed by atoms with Crippen molar-refractivity contribution in [1.29, 1.82) is 0 Å². The van der Waals surface area contributed by atoms with Crippen LogP contribution in [0.15, 0.2) is 52.1 Å². The highest BCUT2D eigenvalue weighted by atomic mass is 32.2. The van der Waals surface area contributed by atoms with Crippen LogP contribution >= 0.6 is 11.8 Å². The van der Waals surface area contributed by atoms with Crippen LogP contribution < -0.4 is 0 Å². The van der Waals surface area contributed by atoms with Gasteiger partial charge in [-0.05, 0) is 36.6 Å². The topological polar surface area (TPSA) is 69.4 Å². The monoisotopic (exact) mass is 353 g/mol. The summed E-state index contributed by atoms with van der Waals surface area (Å²) in [5.41, 5.74) is 3.47. The van der Waals surface area contributed by atoms with Gasteiger partial charge in [-0.2, -0.15) is 0 Å². The molecule has 0 unspecified atom stereocenters. The van der Waals surface area contributed by atoms with E-state index in [4.69, 9.17) is 9.15 Å². The molecule has 0 N–H and O–H groups in total. The molecule has 0 amide bonds. The van der Waals surface area contributed by atoms with Crippen molar-refractivity contribution in [3.63, 3.8) is 0 Å². The highest BCUT2D eigenvalue weighted by Crippen LogP contribution is 2.34. The number of carbonyl (C=O) groups is 2. The summed E-state index contributed by atoms with van der Waals surface area (Å²) in [5, 5.41) is 0.234. The summed E-state index contributed by atoms with van der Waals surface area (Å²) in [6.45, 7) is 0. The van der Waals surface area contributed by atoms with E-state index in [9.17, 15) is 9.59 Å². The van der Waals surface area contributed by atoms with Crippen LogP contribution in [-0.2, 0) is 11.2 Å². The van der Waals surface area contributed by atoms with Crippen molar-refractivity contribution in [3.8, 4) is 0 Å². The summed E-state index contributed by atoms with van der Waals surface area (Å²) in [4.78, 5) is 28.7. The molecule has 4 rings (SSSR count). The zero-order valence-electron chi connectivity index (χ0n) is 13.5. The summed E-state index contributed by atoms with van der Waals surface area (Å²) in [7, 11) is 1.34. The molecule has 1 aromatic heterocycles. The van der Waals surface area contributed by atoms with Crippen LogP contribution in [0.3, 0.4) is 0 Å². The number of thioether (sulfide) groups is 1. The maximum absolute atomic E-state index is 12.7. The number of Topliss-reactive ketones (excluding diaryl/α,β-unsaturated/α-hetero) is 1. The molecule has 6 heteroatoms. The van der Waals surface area contributed by atoms with Gasteiger partial charge >= 0.3 is 5.97 Å². The number of ether oxygens (including phenoxy) is 1. The van der Waals surface area contributed by atoms with Crippen molar-refractivity contribution in [3.05, 3.63) is 59.2 Å². The zero-order valence-corrected chi connectivity index (χ0v) is 14.3. The lowest BCUT2D eigenvalue weighted by Gasteiger charge is -2.21. The third-order valence-corrected chi connectivity index (χ3v) is 5.39. The van der Waals surface area contributed by atoms with E-state index in [1.165, 1.54) is 18.9 Å². The minimum atomic E-state index is -0.418. The van der Waals surface area contributed by atoms with Crippen molar-refractivity contribution in [1.82, 2.24) is 4.98 Å². The van der Waals surface area contributed by atoms with Crippen LogP contribution in [0.1, 0.15) is 32.7 Å². The van der Waals surface area contributed by atoms with Crippen molar-refractivity contribution in [2.45, 2.75) is 23.3 Å². The van der Waals surface area contributed by atoms with E-state index < -0.39 is 5.97 Å². The van der Waals surface area contributed by atoms with Gasteiger partial charge in [-0.15, -0.1) is 0 Å². The normalized spacial score (nSPS) is 16.7. The number of methoxy groups -OCH3 is 1. The van der Waals surface area contributed by atoms with Gasteiger partial charge < -0.3 is 9.15 Å². The maximum atomic E-state index is 12.7. The number of esters is 1. The summed E-state index contributed by atoms with van der Waals surface area (Å²) in [6, 6.07) is 12.7. The first kappa shape index (κ1) is 15.9. The van der Waals surface area contributed by atoms with Gasteiger partial charge in [0.25, 0.3) is 5.22 Å². The van der Waals surface area contributed by atoms with Gasteiger partial charge in [0.2, 0.25) is 0 Å². The van der Waals surface area contributed by atoms with E-state index in [-0.39, 0.29) is 11.0 Å². The number of benzene rings is 2. The molecule has 3 aromatic rings. The standard InChI is InChI=1S/C19H15NO4S/c1-23-18(22)12-6-8-15-14(10-12)20-19(24-15)25-16-9-7-11-4-2-3-5-13(11)17(16)21/h2-6,8,10,16H,7,9H2,1H3/t16-/m0/s1. The fourth-order valence-corrected chi connectivity index (χ4v) is 4.01. The summed E-state index contributed by atoms with van der Waals surface area (Å²) in [5.74, 6) is -0.303. The molecule has 5 nitrogen and oxygen atoms in total. The highest BCUT2D eigenvalue weighted by molar-refractivity contribution is 8.00. The largest absolute Gasteiger partial charge is 0.465 e. The second kappa shape index (κ2) is 6.37. The Bertz CT molecular complexity index is 978. The molecule has 0 spiro atoms. The van der Waals surface area contributed by atoms with Gasteiger partial charge in [-0.3, -0.25) is 4.79 Å².